The molecule has 0 aliphatic carbocycles. The van der Waals surface area contributed by atoms with Crippen LogP contribution in [0, 0.1) is 5.82 Å². The van der Waals surface area contributed by atoms with Crippen molar-refractivity contribution >= 4 is 6.08 Å². The fourth-order valence-electron chi connectivity index (χ4n) is 1.02. The summed E-state index contributed by atoms with van der Waals surface area (Å²) in [5, 5.41) is 9.44. The topological polar surface area (TPSA) is 58.9 Å². The second kappa shape index (κ2) is 4.39. The van der Waals surface area contributed by atoms with Crippen LogP contribution in [0.2, 0.25) is 0 Å². The number of isocyanates is 1. The number of aromatic hydroxyl groups is 1. The largest absolute Gasteiger partial charge is 0.504 e. The first-order valence-corrected chi connectivity index (χ1v) is 3.78. The van der Waals surface area contributed by atoms with E-state index in [4.69, 9.17) is 4.74 Å². The first-order chi connectivity index (χ1) is 6.70. The third kappa shape index (κ3) is 1.89. The van der Waals surface area contributed by atoms with Crippen LogP contribution in [0.5, 0.6) is 11.5 Å². The van der Waals surface area contributed by atoms with Crippen molar-refractivity contribution in [3.8, 4) is 11.5 Å². The lowest BCUT2D eigenvalue weighted by atomic mass is 10.1. The SMILES string of the molecule is COc1ccc(F)c(CN=C=O)c1O. The Morgan fingerprint density at radius 1 is 1.64 bits per heavy atom. The molecular weight excluding hydrogens is 189 g/mol. The number of hydrogen-bond donors (Lipinski definition) is 1. The number of methoxy groups -OCH3 is 1. The molecule has 0 radical (unpaired) electrons. The number of phenolic OH excluding ortho intramolecular Hbond substituents is 1. The fraction of sp³-hybridized carbons (Fsp3) is 0.222. The second-order valence-electron chi connectivity index (χ2n) is 2.48. The van der Waals surface area contributed by atoms with Gasteiger partial charge >= 0.3 is 0 Å². The highest BCUT2D eigenvalue weighted by atomic mass is 19.1. The maximum Gasteiger partial charge on any atom is 0.235 e. The lowest BCUT2D eigenvalue weighted by Crippen LogP contribution is -1.93. The van der Waals surface area contributed by atoms with E-state index in [1.165, 1.54) is 19.3 Å². The Hall–Kier alpha value is -1.87. The summed E-state index contributed by atoms with van der Waals surface area (Å²) in [6.07, 6.45) is 1.26. The highest BCUT2D eigenvalue weighted by Gasteiger charge is 2.12. The summed E-state index contributed by atoms with van der Waals surface area (Å²) in [5.74, 6) is -0.837. The Morgan fingerprint density at radius 3 is 2.93 bits per heavy atom. The van der Waals surface area contributed by atoms with E-state index in [1.807, 2.05) is 0 Å². The number of nitrogens with zero attached hydrogens (tertiary/aromatic N) is 1. The average molecular weight is 197 g/mol. The van der Waals surface area contributed by atoms with Crippen LogP contribution >= 0.6 is 0 Å². The minimum Gasteiger partial charge on any atom is -0.504 e. The number of benzene rings is 1. The van der Waals surface area contributed by atoms with Crippen LogP contribution in [0.15, 0.2) is 17.1 Å². The standard InChI is InChI=1S/C9H8FNO3/c1-14-8-3-2-7(10)6(9(8)13)4-11-5-12/h2-3,13H,4H2,1H3. The third-order valence-electron chi connectivity index (χ3n) is 1.71. The van der Waals surface area contributed by atoms with Gasteiger partial charge in [-0.1, -0.05) is 0 Å². The van der Waals surface area contributed by atoms with Gasteiger partial charge in [-0.05, 0) is 12.1 Å². The van der Waals surface area contributed by atoms with E-state index >= 15 is 0 Å². The Labute approximate surface area is 79.7 Å². The number of ether oxygens (including phenoxy) is 1. The first-order valence-electron chi connectivity index (χ1n) is 3.78. The van der Waals surface area contributed by atoms with Gasteiger partial charge in [0.2, 0.25) is 6.08 Å². The molecule has 1 aromatic carbocycles. The van der Waals surface area contributed by atoms with Gasteiger partial charge in [0, 0.05) is 0 Å². The van der Waals surface area contributed by atoms with Gasteiger partial charge in [-0.15, -0.1) is 0 Å². The number of hydrogen-bond acceptors (Lipinski definition) is 4. The summed E-state index contributed by atoms with van der Waals surface area (Å²) in [6, 6.07) is 2.42. The Balaban J connectivity index is 3.17. The average Bonchev–Trinajstić information content (AvgIpc) is 2.18. The minimum atomic E-state index is -0.637. The molecule has 0 saturated heterocycles. The molecule has 0 fully saturated rings. The van der Waals surface area contributed by atoms with Crippen molar-refractivity contribution in [3.05, 3.63) is 23.5 Å². The zero-order chi connectivity index (χ0) is 10.6. The molecule has 0 heterocycles. The molecule has 74 valence electrons. The van der Waals surface area contributed by atoms with E-state index in [9.17, 15) is 14.3 Å². The predicted octanol–water partition coefficient (Wildman–Crippen LogP) is 1.38. The molecular formula is C9H8FNO3. The molecule has 14 heavy (non-hydrogen) atoms. The number of halogens is 1. The van der Waals surface area contributed by atoms with Gasteiger partial charge in [-0.25, -0.2) is 14.2 Å². The zero-order valence-electron chi connectivity index (χ0n) is 7.45. The van der Waals surface area contributed by atoms with Crippen LogP contribution in [0.1, 0.15) is 5.56 Å². The van der Waals surface area contributed by atoms with E-state index in [-0.39, 0.29) is 23.6 Å². The monoisotopic (exact) mass is 197 g/mol. The van der Waals surface area contributed by atoms with Gasteiger partial charge in [0.1, 0.15) is 5.82 Å². The van der Waals surface area contributed by atoms with Gasteiger partial charge in [0.25, 0.3) is 0 Å². The van der Waals surface area contributed by atoms with E-state index in [0.717, 1.165) is 6.07 Å². The second-order valence-corrected chi connectivity index (χ2v) is 2.48. The van der Waals surface area contributed by atoms with Gasteiger partial charge in [0.15, 0.2) is 11.5 Å². The Kier molecular flexibility index (Phi) is 3.20. The molecule has 0 unspecified atom stereocenters. The molecule has 0 aliphatic heterocycles. The van der Waals surface area contributed by atoms with Crippen molar-refractivity contribution < 1.29 is 19.0 Å². The number of rotatable bonds is 3. The molecule has 1 aromatic rings. The molecule has 1 N–H and O–H groups in total. The van der Waals surface area contributed by atoms with Crippen molar-refractivity contribution in [2.75, 3.05) is 7.11 Å². The van der Waals surface area contributed by atoms with Crippen LogP contribution in [0.4, 0.5) is 4.39 Å². The van der Waals surface area contributed by atoms with Crippen LogP contribution in [0.3, 0.4) is 0 Å². The molecule has 0 bridgehead atoms. The van der Waals surface area contributed by atoms with Crippen LogP contribution < -0.4 is 4.74 Å². The van der Waals surface area contributed by atoms with E-state index in [2.05, 4.69) is 4.99 Å². The van der Waals surface area contributed by atoms with Crippen LogP contribution in [-0.4, -0.2) is 18.3 Å². The van der Waals surface area contributed by atoms with E-state index in [0.29, 0.717) is 0 Å². The van der Waals surface area contributed by atoms with Gasteiger partial charge in [-0.3, -0.25) is 0 Å². The summed E-state index contributed by atoms with van der Waals surface area (Å²) >= 11 is 0. The number of carbonyl (C=O) groups excluding carboxylic acids is 1. The maximum absolute atomic E-state index is 13.1. The van der Waals surface area contributed by atoms with Crippen LogP contribution in [0.25, 0.3) is 0 Å². The predicted molar refractivity (Wildman–Crippen MR) is 46.4 cm³/mol. The molecule has 0 aliphatic rings. The summed E-state index contributed by atoms with van der Waals surface area (Å²) < 4.78 is 17.8. The van der Waals surface area contributed by atoms with Crippen molar-refractivity contribution in [1.82, 2.24) is 0 Å². The van der Waals surface area contributed by atoms with Crippen molar-refractivity contribution in [3.63, 3.8) is 0 Å². The minimum absolute atomic E-state index is 0.0762. The summed E-state index contributed by atoms with van der Waals surface area (Å²) in [5.41, 5.74) is -0.0762. The molecule has 0 atom stereocenters. The lowest BCUT2D eigenvalue weighted by Gasteiger charge is -2.07. The Morgan fingerprint density at radius 2 is 2.36 bits per heavy atom. The first kappa shape index (κ1) is 10.2. The van der Waals surface area contributed by atoms with Crippen molar-refractivity contribution in [2.45, 2.75) is 6.54 Å². The Bertz CT molecular complexity index is 386. The summed E-state index contributed by atoms with van der Waals surface area (Å²) in [6.45, 7) is -0.252. The zero-order valence-corrected chi connectivity index (χ0v) is 7.45. The summed E-state index contributed by atoms with van der Waals surface area (Å²) in [7, 11) is 1.35. The van der Waals surface area contributed by atoms with Crippen molar-refractivity contribution in [2.24, 2.45) is 4.99 Å². The molecule has 0 saturated carbocycles. The third-order valence-corrected chi connectivity index (χ3v) is 1.71. The highest BCUT2D eigenvalue weighted by molar-refractivity contribution is 5.47. The van der Waals surface area contributed by atoms with Gasteiger partial charge < -0.3 is 9.84 Å². The van der Waals surface area contributed by atoms with Crippen LogP contribution in [-0.2, 0) is 11.3 Å². The molecule has 0 aromatic heterocycles. The molecule has 1 rings (SSSR count). The quantitative estimate of drug-likeness (QED) is 0.588. The molecule has 4 nitrogen and oxygen atoms in total. The van der Waals surface area contributed by atoms with E-state index in [1.54, 1.807) is 0 Å². The normalized spacial score (nSPS) is 9.29. The number of phenols is 1. The molecule has 0 amide bonds. The summed E-state index contributed by atoms with van der Waals surface area (Å²) in [4.78, 5) is 13.0. The molecule has 5 heteroatoms. The highest BCUT2D eigenvalue weighted by Crippen LogP contribution is 2.31. The van der Waals surface area contributed by atoms with Gasteiger partial charge in [0.05, 0.1) is 19.2 Å². The fourth-order valence-corrected chi connectivity index (χ4v) is 1.02. The van der Waals surface area contributed by atoms with E-state index < -0.39 is 5.82 Å². The smallest absolute Gasteiger partial charge is 0.235 e. The number of aliphatic imine (C=N–C) groups is 1. The lowest BCUT2D eigenvalue weighted by molar-refractivity contribution is 0.367. The maximum atomic E-state index is 13.1. The van der Waals surface area contributed by atoms with Gasteiger partial charge in [-0.2, -0.15) is 0 Å². The van der Waals surface area contributed by atoms with Crippen molar-refractivity contribution in [1.29, 1.82) is 0 Å². The molecule has 0 spiro atoms.